The minimum atomic E-state index is -3.92. The summed E-state index contributed by atoms with van der Waals surface area (Å²) in [6.07, 6.45) is 1.97. The largest absolute Gasteiger partial charge is 0.368 e. The molecule has 2 aromatic rings. The normalized spacial score (nSPS) is 14.6. The topological polar surface area (TPSA) is 82.1 Å². The lowest BCUT2D eigenvalue weighted by atomic mass is 9.98. The van der Waals surface area contributed by atoms with Crippen LogP contribution in [0, 0.1) is 0 Å². The van der Waals surface area contributed by atoms with E-state index in [-0.39, 0.29) is 17.2 Å². The smallest absolute Gasteiger partial charge is 0.284 e. The number of fused-ring (bicyclic) bond motifs is 1. The summed E-state index contributed by atoms with van der Waals surface area (Å²) in [5.41, 5.74) is 2.80. The summed E-state index contributed by atoms with van der Waals surface area (Å²) < 4.78 is 29.9. The molecular formula is C23H29ClN4O3S. The minimum Gasteiger partial charge on any atom is -0.368 e. The molecule has 172 valence electrons. The van der Waals surface area contributed by atoms with Crippen LogP contribution in [0.3, 0.4) is 0 Å². The number of hydrogen-bond acceptors (Lipinski definition) is 4. The first-order valence-electron chi connectivity index (χ1n) is 10.5. The lowest BCUT2D eigenvalue weighted by molar-refractivity contribution is -0.115. The number of sulfonamides is 1. The molecule has 0 fully saturated rings. The third kappa shape index (κ3) is 5.88. The zero-order chi connectivity index (χ0) is 23.5. The molecule has 7 nitrogen and oxygen atoms in total. The van der Waals surface area contributed by atoms with Crippen molar-refractivity contribution in [3.8, 4) is 0 Å². The molecule has 1 N–H and O–H groups in total. The van der Waals surface area contributed by atoms with Gasteiger partial charge in [-0.25, -0.2) is 0 Å². The van der Waals surface area contributed by atoms with E-state index in [0.29, 0.717) is 35.3 Å². The van der Waals surface area contributed by atoms with Crippen molar-refractivity contribution in [1.29, 1.82) is 0 Å². The maximum atomic E-state index is 13.0. The third-order valence-corrected chi connectivity index (χ3v) is 7.00. The van der Waals surface area contributed by atoms with E-state index < -0.39 is 10.0 Å². The van der Waals surface area contributed by atoms with Gasteiger partial charge in [-0.05, 0) is 55.2 Å². The molecule has 0 bridgehead atoms. The van der Waals surface area contributed by atoms with Crippen LogP contribution in [0.15, 0.2) is 45.7 Å². The van der Waals surface area contributed by atoms with Gasteiger partial charge in [0, 0.05) is 43.9 Å². The van der Waals surface area contributed by atoms with Crippen LogP contribution in [-0.4, -0.2) is 57.1 Å². The maximum Gasteiger partial charge on any atom is 0.284 e. The molecule has 0 radical (unpaired) electrons. The average molecular weight is 477 g/mol. The van der Waals surface area contributed by atoms with Crippen molar-refractivity contribution in [2.45, 2.75) is 44.2 Å². The van der Waals surface area contributed by atoms with Crippen molar-refractivity contribution >= 4 is 39.6 Å². The molecule has 9 heteroatoms. The summed E-state index contributed by atoms with van der Waals surface area (Å²) in [6, 6.07) is 10.9. The van der Waals surface area contributed by atoms with Gasteiger partial charge in [-0.3, -0.25) is 9.69 Å². The van der Waals surface area contributed by atoms with E-state index in [2.05, 4.69) is 28.5 Å². The molecular weight excluding hydrogens is 448 g/mol. The van der Waals surface area contributed by atoms with E-state index in [9.17, 15) is 13.2 Å². The summed E-state index contributed by atoms with van der Waals surface area (Å²) in [7, 11) is -0.504. The van der Waals surface area contributed by atoms with Gasteiger partial charge in [-0.1, -0.05) is 29.8 Å². The van der Waals surface area contributed by atoms with Crippen LogP contribution in [0.1, 0.15) is 30.5 Å². The van der Waals surface area contributed by atoms with E-state index in [4.69, 9.17) is 11.6 Å². The van der Waals surface area contributed by atoms with Crippen molar-refractivity contribution in [1.82, 2.24) is 9.80 Å². The Morgan fingerprint density at radius 2 is 2.00 bits per heavy atom. The fourth-order valence-electron chi connectivity index (χ4n) is 3.66. The predicted octanol–water partition coefficient (Wildman–Crippen LogP) is 3.57. The first-order chi connectivity index (χ1) is 15.1. The zero-order valence-corrected chi connectivity index (χ0v) is 20.4. The first kappa shape index (κ1) is 24.2. The second-order valence-corrected chi connectivity index (χ2v) is 10.4. The van der Waals surface area contributed by atoms with Crippen LogP contribution in [-0.2, 0) is 34.2 Å². The second-order valence-electron chi connectivity index (χ2n) is 8.40. The number of nitrogens with one attached hydrogen (secondary N) is 1. The number of carbonyl (C=O) groups excluding carboxylic acids is 1. The van der Waals surface area contributed by atoms with E-state index in [1.54, 1.807) is 37.2 Å². The highest BCUT2D eigenvalue weighted by Gasteiger charge is 2.27. The van der Waals surface area contributed by atoms with E-state index >= 15 is 0 Å². The molecule has 3 rings (SSSR count). The molecule has 0 spiro atoms. The molecule has 1 aliphatic heterocycles. The Labute approximate surface area is 195 Å². The molecule has 0 saturated carbocycles. The highest BCUT2D eigenvalue weighted by Crippen LogP contribution is 2.31. The van der Waals surface area contributed by atoms with Gasteiger partial charge in [-0.15, -0.1) is 4.40 Å². The Hall–Kier alpha value is -2.42. The third-order valence-electron chi connectivity index (χ3n) is 5.34. The molecule has 0 saturated heterocycles. The van der Waals surface area contributed by atoms with Crippen molar-refractivity contribution in [3.63, 3.8) is 0 Å². The molecule has 0 unspecified atom stereocenters. The van der Waals surface area contributed by atoms with E-state index in [0.717, 1.165) is 17.7 Å². The number of hydrogen-bond donors (Lipinski definition) is 1. The van der Waals surface area contributed by atoms with Crippen LogP contribution in [0.25, 0.3) is 0 Å². The molecule has 1 aliphatic rings. The summed E-state index contributed by atoms with van der Waals surface area (Å²) in [6.45, 7) is 5.60. The van der Waals surface area contributed by atoms with Crippen molar-refractivity contribution in [3.05, 3.63) is 58.1 Å². The number of benzene rings is 2. The molecule has 2 aromatic carbocycles. The Bertz CT molecular complexity index is 1130. The Kier molecular flexibility index (Phi) is 7.59. The van der Waals surface area contributed by atoms with E-state index in [1.807, 2.05) is 12.1 Å². The second kappa shape index (κ2) is 10.0. The summed E-state index contributed by atoms with van der Waals surface area (Å²) >= 11 is 6.17. The lowest BCUT2D eigenvalue weighted by Gasteiger charge is -2.33. The molecule has 0 aromatic heterocycles. The van der Waals surface area contributed by atoms with Gasteiger partial charge in [0.1, 0.15) is 6.34 Å². The quantitative estimate of drug-likeness (QED) is 0.488. The average Bonchev–Trinajstić information content (AvgIpc) is 2.73. The van der Waals surface area contributed by atoms with Gasteiger partial charge < -0.3 is 10.2 Å². The molecule has 0 atom stereocenters. The number of anilines is 1. The maximum absolute atomic E-state index is 13.0. The van der Waals surface area contributed by atoms with Gasteiger partial charge >= 0.3 is 0 Å². The number of amides is 1. The molecule has 1 amide bonds. The number of carbonyl (C=O) groups is 1. The zero-order valence-electron chi connectivity index (χ0n) is 18.8. The van der Waals surface area contributed by atoms with Crippen LogP contribution < -0.4 is 5.32 Å². The highest BCUT2D eigenvalue weighted by atomic mass is 35.5. The minimum absolute atomic E-state index is 0.0930. The van der Waals surface area contributed by atoms with Gasteiger partial charge in [0.15, 0.2) is 0 Å². The van der Waals surface area contributed by atoms with Gasteiger partial charge in [0.2, 0.25) is 5.91 Å². The highest BCUT2D eigenvalue weighted by molar-refractivity contribution is 7.90. The Morgan fingerprint density at radius 3 is 2.66 bits per heavy atom. The Balaban J connectivity index is 1.97. The first-order valence-corrected chi connectivity index (χ1v) is 12.3. The van der Waals surface area contributed by atoms with Gasteiger partial charge in [0.05, 0.1) is 11.3 Å². The Morgan fingerprint density at radius 1 is 1.28 bits per heavy atom. The van der Waals surface area contributed by atoms with Crippen molar-refractivity contribution in [2.24, 2.45) is 4.40 Å². The predicted molar refractivity (Wildman–Crippen MR) is 129 cm³/mol. The van der Waals surface area contributed by atoms with Crippen LogP contribution in [0.2, 0.25) is 5.02 Å². The summed E-state index contributed by atoms with van der Waals surface area (Å²) in [4.78, 5) is 16.7. The van der Waals surface area contributed by atoms with Crippen LogP contribution in [0.4, 0.5) is 5.69 Å². The van der Waals surface area contributed by atoms with E-state index in [1.165, 1.54) is 12.4 Å². The fourth-order valence-corrected chi connectivity index (χ4v) is 5.11. The number of rotatable bonds is 7. The van der Waals surface area contributed by atoms with Crippen molar-refractivity contribution in [2.75, 3.05) is 26.0 Å². The lowest BCUT2D eigenvalue weighted by Crippen LogP contribution is -2.36. The SMILES string of the molecule is CC(C)N1CCc2c(cc(NC(=O)Cc3ccccc3Cl)cc2S(=O)(=O)N=CN(C)C)C1. The number of nitrogens with zero attached hydrogens (tertiary/aromatic N) is 3. The fraction of sp³-hybridized carbons (Fsp3) is 0.391. The summed E-state index contributed by atoms with van der Waals surface area (Å²) in [5.74, 6) is -0.269. The molecule has 0 aliphatic carbocycles. The molecule has 32 heavy (non-hydrogen) atoms. The number of halogens is 1. The van der Waals surface area contributed by atoms with Gasteiger partial charge in [0.25, 0.3) is 10.0 Å². The van der Waals surface area contributed by atoms with Crippen LogP contribution in [0.5, 0.6) is 0 Å². The monoisotopic (exact) mass is 476 g/mol. The molecule has 1 heterocycles. The van der Waals surface area contributed by atoms with Gasteiger partial charge in [-0.2, -0.15) is 8.42 Å². The summed E-state index contributed by atoms with van der Waals surface area (Å²) in [5, 5.41) is 3.36. The van der Waals surface area contributed by atoms with Crippen LogP contribution >= 0.6 is 11.6 Å². The van der Waals surface area contributed by atoms with Crippen molar-refractivity contribution < 1.29 is 13.2 Å². The standard InChI is InChI=1S/C23H29ClN4O3S/c1-16(2)28-10-9-20-18(14-28)11-19(13-22(20)32(30,31)25-15-27(3)4)26-23(29)12-17-7-5-6-8-21(17)24/h5-8,11,13,15-16H,9-10,12,14H2,1-4H3,(H,26,29).